The van der Waals surface area contributed by atoms with E-state index in [1.165, 1.54) is 6.20 Å². The molecule has 0 atom stereocenters. The van der Waals surface area contributed by atoms with Gasteiger partial charge in [-0.25, -0.2) is 14.8 Å². The van der Waals surface area contributed by atoms with E-state index in [1.807, 2.05) is 32.0 Å². The van der Waals surface area contributed by atoms with Crippen LogP contribution in [0, 0.1) is 13.8 Å². The Morgan fingerprint density at radius 3 is 2.35 bits per heavy atom. The number of hydrogen-bond acceptors (Lipinski definition) is 5. The maximum absolute atomic E-state index is 12.2. The molecule has 0 spiro atoms. The van der Waals surface area contributed by atoms with Crippen LogP contribution in [0.25, 0.3) is 0 Å². The minimum atomic E-state index is -1.14. The van der Waals surface area contributed by atoms with Crippen LogP contribution < -0.4 is 10.2 Å². The first-order valence-corrected chi connectivity index (χ1v) is 7.01. The van der Waals surface area contributed by atoms with E-state index < -0.39 is 5.97 Å². The summed E-state index contributed by atoms with van der Waals surface area (Å²) in [6.45, 7) is 3.94. The first-order valence-electron chi connectivity index (χ1n) is 7.01. The Labute approximate surface area is 134 Å². The smallest absolute Gasteiger partial charge is 0.356 e. The minimum Gasteiger partial charge on any atom is -0.476 e. The summed E-state index contributed by atoms with van der Waals surface area (Å²) in [4.78, 5) is 32.3. The van der Waals surface area contributed by atoms with Crippen LogP contribution in [0.15, 0.2) is 30.6 Å². The molecule has 2 N–H and O–H groups in total. The third-order valence-electron chi connectivity index (χ3n) is 3.37. The van der Waals surface area contributed by atoms with Crippen LogP contribution >= 0.6 is 0 Å². The lowest BCUT2D eigenvalue weighted by Crippen LogP contribution is -2.31. The Morgan fingerprint density at radius 2 is 1.83 bits per heavy atom. The number of carboxylic acids is 1. The van der Waals surface area contributed by atoms with Crippen molar-refractivity contribution in [3.63, 3.8) is 0 Å². The number of carbonyl (C=O) groups is 2. The van der Waals surface area contributed by atoms with Gasteiger partial charge in [0.05, 0.1) is 18.9 Å². The molecule has 0 radical (unpaired) electrons. The molecule has 0 aliphatic carbocycles. The fourth-order valence-electron chi connectivity index (χ4n) is 2.12. The minimum absolute atomic E-state index is 0.0782. The largest absolute Gasteiger partial charge is 0.476 e. The molecule has 1 heterocycles. The van der Waals surface area contributed by atoms with Crippen molar-refractivity contribution in [2.45, 2.75) is 13.8 Å². The Bertz CT molecular complexity index is 708. The van der Waals surface area contributed by atoms with Gasteiger partial charge >= 0.3 is 5.97 Å². The van der Waals surface area contributed by atoms with Gasteiger partial charge in [0.15, 0.2) is 5.69 Å². The molecule has 1 aromatic heterocycles. The number of benzene rings is 1. The third kappa shape index (κ3) is 4.03. The van der Waals surface area contributed by atoms with E-state index in [9.17, 15) is 9.59 Å². The van der Waals surface area contributed by atoms with Crippen LogP contribution in [0.3, 0.4) is 0 Å². The van der Waals surface area contributed by atoms with E-state index in [2.05, 4.69) is 15.3 Å². The summed E-state index contributed by atoms with van der Waals surface area (Å²) in [5, 5.41) is 11.7. The number of aromatic carboxylic acids is 1. The summed E-state index contributed by atoms with van der Waals surface area (Å²) in [7, 11) is 1.69. The van der Waals surface area contributed by atoms with Crippen molar-refractivity contribution in [1.29, 1.82) is 0 Å². The fourth-order valence-corrected chi connectivity index (χ4v) is 2.12. The van der Waals surface area contributed by atoms with Crippen molar-refractivity contribution in [1.82, 2.24) is 9.97 Å². The molecular weight excluding hydrogens is 296 g/mol. The van der Waals surface area contributed by atoms with Crippen LogP contribution in [-0.2, 0) is 4.79 Å². The second kappa shape index (κ2) is 6.87. The summed E-state index contributed by atoms with van der Waals surface area (Å²) in [5.41, 5.74) is 2.65. The number of hydrogen-bond donors (Lipinski definition) is 2. The van der Waals surface area contributed by atoms with Gasteiger partial charge in [0.25, 0.3) is 0 Å². The average molecular weight is 314 g/mol. The number of carbonyl (C=O) groups excluding carboxylic acids is 1. The number of aryl methyl sites for hydroxylation is 2. The van der Waals surface area contributed by atoms with E-state index in [1.54, 1.807) is 11.9 Å². The maximum Gasteiger partial charge on any atom is 0.356 e. The second-order valence-electron chi connectivity index (χ2n) is 5.24. The monoisotopic (exact) mass is 314 g/mol. The Kier molecular flexibility index (Phi) is 4.90. The van der Waals surface area contributed by atoms with E-state index in [0.717, 1.165) is 23.0 Å². The number of nitrogens with zero attached hydrogens (tertiary/aromatic N) is 3. The van der Waals surface area contributed by atoms with Gasteiger partial charge in [-0.2, -0.15) is 0 Å². The van der Waals surface area contributed by atoms with Crippen molar-refractivity contribution in [2.24, 2.45) is 0 Å². The van der Waals surface area contributed by atoms with Crippen LogP contribution in [0.5, 0.6) is 0 Å². The predicted molar refractivity (Wildman–Crippen MR) is 86.8 cm³/mol. The first kappa shape index (κ1) is 16.4. The topological polar surface area (TPSA) is 95.4 Å². The number of amides is 1. The molecule has 120 valence electrons. The summed E-state index contributed by atoms with van der Waals surface area (Å²) < 4.78 is 0. The fraction of sp³-hybridized carbons (Fsp3) is 0.250. The molecule has 0 saturated carbocycles. The number of likely N-dealkylation sites (N-methyl/N-ethyl adjacent to an activating group) is 1. The molecule has 0 aliphatic heterocycles. The van der Waals surface area contributed by atoms with Gasteiger partial charge in [-0.3, -0.25) is 4.79 Å². The number of aromatic nitrogens is 2. The van der Waals surface area contributed by atoms with Gasteiger partial charge in [-0.1, -0.05) is 18.2 Å². The zero-order chi connectivity index (χ0) is 17.0. The molecule has 0 unspecified atom stereocenters. The molecule has 1 aromatic carbocycles. The van der Waals surface area contributed by atoms with E-state index >= 15 is 0 Å². The van der Waals surface area contributed by atoms with Gasteiger partial charge in [0.1, 0.15) is 5.82 Å². The highest BCUT2D eigenvalue weighted by Gasteiger charge is 2.12. The average Bonchev–Trinajstić information content (AvgIpc) is 2.51. The standard InChI is InChI=1S/C16H18N4O3/c1-10-5-4-6-11(2)15(10)19-14(21)9-20(3)13-8-17-12(7-18-13)16(22)23/h4-8H,9H2,1-3H3,(H,19,21)(H,22,23). The third-order valence-corrected chi connectivity index (χ3v) is 3.37. The van der Waals surface area contributed by atoms with Crippen LogP contribution in [0.4, 0.5) is 11.5 Å². The van der Waals surface area contributed by atoms with E-state index in [4.69, 9.17) is 5.11 Å². The van der Waals surface area contributed by atoms with Crippen LogP contribution in [0.1, 0.15) is 21.6 Å². The second-order valence-corrected chi connectivity index (χ2v) is 5.24. The lowest BCUT2D eigenvalue weighted by atomic mass is 10.1. The molecule has 0 aliphatic rings. The number of para-hydroxylation sites is 1. The van der Waals surface area contributed by atoms with Gasteiger partial charge in [0.2, 0.25) is 5.91 Å². The van der Waals surface area contributed by atoms with Crippen LogP contribution in [-0.4, -0.2) is 40.5 Å². The molecule has 2 aromatic rings. The zero-order valence-electron chi connectivity index (χ0n) is 13.2. The molecule has 0 saturated heterocycles. The van der Waals surface area contributed by atoms with Crippen molar-refractivity contribution in [2.75, 3.05) is 23.8 Å². The van der Waals surface area contributed by atoms with Gasteiger partial charge in [0, 0.05) is 12.7 Å². The Morgan fingerprint density at radius 1 is 1.17 bits per heavy atom. The van der Waals surface area contributed by atoms with Gasteiger partial charge in [-0.15, -0.1) is 0 Å². The van der Waals surface area contributed by atoms with Crippen molar-refractivity contribution < 1.29 is 14.7 Å². The van der Waals surface area contributed by atoms with Gasteiger partial charge in [-0.05, 0) is 25.0 Å². The molecular formula is C16H18N4O3. The highest BCUT2D eigenvalue weighted by molar-refractivity contribution is 5.95. The number of carboxylic acid groups (broad SMARTS) is 1. The summed E-state index contributed by atoms with van der Waals surface area (Å²) in [5.74, 6) is -0.903. The number of nitrogens with one attached hydrogen (secondary N) is 1. The zero-order valence-corrected chi connectivity index (χ0v) is 13.2. The lowest BCUT2D eigenvalue weighted by molar-refractivity contribution is -0.114. The highest BCUT2D eigenvalue weighted by atomic mass is 16.4. The Balaban J connectivity index is 2.03. The maximum atomic E-state index is 12.2. The molecule has 2 rings (SSSR count). The Hall–Kier alpha value is -2.96. The SMILES string of the molecule is Cc1cccc(C)c1NC(=O)CN(C)c1cnc(C(=O)O)cn1. The molecule has 7 nitrogen and oxygen atoms in total. The molecule has 7 heteroatoms. The van der Waals surface area contributed by atoms with Crippen molar-refractivity contribution >= 4 is 23.4 Å². The quantitative estimate of drug-likeness (QED) is 0.874. The lowest BCUT2D eigenvalue weighted by Gasteiger charge is -2.18. The normalized spacial score (nSPS) is 10.2. The number of anilines is 2. The summed E-state index contributed by atoms with van der Waals surface area (Å²) in [6.07, 6.45) is 2.49. The highest BCUT2D eigenvalue weighted by Crippen LogP contribution is 2.19. The molecule has 0 bridgehead atoms. The van der Waals surface area contributed by atoms with Crippen molar-refractivity contribution in [3.05, 3.63) is 47.4 Å². The summed E-state index contributed by atoms with van der Waals surface area (Å²) in [6, 6.07) is 5.80. The number of rotatable bonds is 5. The van der Waals surface area contributed by atoms with Crippen molar-refractivity contribution in [3.8, 4) is 0 Å². The molecule has 0 fully saturated rings. The van der Waals surface area contributed by atoms with Crippen LogP contribution in [0.2, 0.25) is 0 Å². The first-order chi connectivity index (χ1) is 10.9. The van der Waals surface area contributed by atoms with Gasteiger partial charge < -0.3 is 15.3 Å². The molecule has 1 amide bonds. The summed E-state index contributed by atoms with van der Waals surface area (Å²) >= 11 is 0. The predicted octanol–water partition coefficient (Wildman–Crippen LogP) is 1.87. The van der Waals surface area contributed by atoms with E-state index in [0.29, 0.717) is 5.82 Å². The molecule has 23 heavy (non-hydrogen) atoms. The van der Waals surface area contributed by atoms with E-state index in [-0.39, 0.29) is 18.1 Å².